The maximum Gasteiger partial charge on any atom is 0.416 e. The number of alkyl halides is 3. The van der Waals surface area contributed by atoms with Gasteiger partial charge in [-0.15, -0.1) is 0 Å². The first-order valence-electron chi connectivity index (χ1n) is 8.61. The quantitative estimate of drug-likeness (QED) is 0.695. The predicted octanol–water partition coefficient (Wildman–Crippen LogP) is 4.66. The van der Waals surface area contributed by atoms with E-state index in [1.165, 1.54) is 11.0 Å². The number of carbonyl (C=O) groups excluding carboxylic acids is 1. The Hall–Kier alpha value is -3.29. The Bertz CT molecular complexity index is 1050. The number of hydrogen-bond donors (Lipinski definition) is 1. The lowest BCUT2D eigenvalue weighted by atomic mass is 9.96. The van der Waals surface area contributed by atoms with Crippen molar-refractivity contribution in [3.63, 3.8) is 0 Å². The van der Waals surface area contributed by atoms with Gasteiger partial charge in [0, 0.05) is 35.2 Å². The molecule has 3 aromatic rings. The molecule has 2 heterocycles. The summed E-state index contributed by atoms with van der Waals surface area (Å²) in [7, 11) is 0. The molecule has 0 spiro atoms. The third kappa shape index (κ3) is 3.11. The molecule has 0 radical (unpaired) electrons. The first kappa shape index (κ1) is 18.1. The summed E-state index contributed by atoms with van der Waals surface area (Å²) in [5.41, 5.74) is 5.96. The molecule has 1 atom stereocenters. The summed E-state index contributed by atoms with van der Waals surface area (Å²) in [6.45, 7) is 0.176. The van der Waals surface area contributed by atoms with Crippen molar-refractivity contribution >= 4 is 22.5 Å². The Morgan fingerprint density at radius 1 is 1.21 bits per heavy atom. The standard InChI is InChI=1S/C20H16F3N3O2/c21-20(22,23)13-4-5-15-17(7-9-28-18(15)10-13)26(19(24)27)16-3-1-2-12-11-25-8-6-14(12)16/h1-6,8,10-11,17H,7,9H2,(H2,24,27). The van der Waals surface area contributed by atoms with Crippen LogP contribution in [0.1, 0.15) is 23.6 Å². The first-order chi connectivity index (χ1) is 13.4. The highest BCUT2D eigenvalue weighted by Crippen LogP contribution is 2.42. The molecule has 1 unspecified atom stereocenters. The van der Waals surface area contributed by atoms with Crippen LogP contribution in [0.25, 0.3) is 10.8 Å². The number of halogens is 3. The molecule has 1 aliphatic heterocycles. The number of pyridine rings is 1. The number of hydrogen-bond acceptors (Lipinski definition) is 3. The highest BCUT2D eigenvalue weighted by atomic mass is 19.4. The van der Waals surface area contributed by atoms with E-state index >= 15 is 0 Å². The van der Waals surface area contributed by atoms with Gasteiger partial charge in [-0.05, 0) is 24.3 Å². The number of amides is 2. The highest BCUT2D eigenvalue weighted by molar-refractivity contribution is 6.03. The van der Waals surface area contributed by atoms with Crippen molar-refractivity contribution in [3.05, 3.63) is 66.0 Å². The van der Waals surface area contributed by atoms with Crippen molar-refractivity contribution < 1.29 is 22.7 Å². The van der Waals surface area contributed by atoms with Crippen LogP contribution in [0.2, 0.25) is 0 Å². The lowest BCUT2D eigenvalue weighted by Gasteiger charge is -2.35. The Kier molecular flexibility index (Phi) is 4.33. The Morgan fingerprint density at radius 2 is 2.04 bits per heavy atom. The van der Waals surface area contributed by atoms with E-state index in [1.807, 2.05) is 6.07 Å². The molecule has 0 saturated carbocycles. The first-order valence-corrected chi connectivity index (χ1v) is 8.61. The molecule has 0 aliphatic carbocycles. The molecular weight excluding hydrogens is 371 g/mol. The molecule has 8 heteroatoms. The number of ether oxygens (including phenoxy) is 1. The zero-order chi connectivity index (χ0) is 19.9. The molecule has 0 saturated heterocycles. The lowest BCUT2D eigenvalue weighted by molar-refractivity contribution is -0.137. The minimum atomic E-state index is -4.47. The predicted molar refractivity (Wildman–Crippen MR) is 98.1 cm³/mol. The molecule has 0 bridgehead atoms. The van der Waals surface area contributed by atoms with Crippen molar-refractivity contribution in [2.75, 3.05) is 11.5 Å². The van der Waals surface area contributed by atoms with Gasteiger partial charge in [-0.1, -0.05) is 18.2 Å². The van der Waals surface area contributed by atoms with Crippen LogP contribution in [0.3, 0.4) is 0 Å². The van der Waals surface area contributed by atoms with Gasteiger partial charge in [-0.25, -0.2) is 4.79 Å². The number of primary amides is 1. The van der Waals surface area contributed by atoms with Gasteiger partial charge >= 0.3 is 12.2 Å². The van der Waals surface area contributed by atoms with E-state index in [0.29, 0.717) is 17.7 Å². The summed E-state index contributed by atoms with van der Waals surface area (Å²) in [6, 6.07) is 9.25. The summed E-state index contributed by atoms with van der Waals surface area (Å²) in [5.74, 6) is 0.110. The van der Waals surface area contributed by atoms with E-state index in [4.69, 9.17) is 10.5 Å². The van der Waals surface area contributed by atoms with Gasteiger partial charge in [0.15, 0.2) is 0 Å². The van der Waals surface area contributed by atoms with E-state index < -0.39 is 23.8 Å². The molecule has 1 aromatic heterocycles. The molecular formula is C20H16F3N3O2. The summed E-state index contributed by atoms with van der Waals surface area (Å²) in [5, 5.41) is 1.60. The van der Waals surface area contributed by atoms with Crippen molar-refractivity contribution in [2.45, 2.75) is 18.6 Å². The molecule has 0 fully saturated rings. The van der Waals surface area contributed by atoms with Crippen LogP contribution in [0.5, 0.6) is 5.75 Å². The Morgan fingerprint density at radius 3 is 2.79 bits per heavy atom. The highest BCUT2D eigenvalue weighted by Gasteiger charge is 2.35. The van der Waals surface area contributed by atoms with Crippen LogP contribution < -0.4 is 15.4 Å². The topological polar surface area (TPSA) is 68.5 Å². The van der Waals surface area contributed by atoms with Gasteiger partial charge < -0.3 is 10.5 Å². The second-order valence-corrected chi connectivity index (χ2v) is 6.49. The fraction of sp³-hybridized carbons (Fsp3) is 0.200. The number of urea groups is 1. The van der Waals surface area contributed by atoms with E-state index in [0.717, 1.165) is 22.9 Å². The molecule has 5 nitrogen and oxygen atoms in total. The van der Waals surface area contributed by atoms with Crippen LogP contribution in [-0.2, 0) is 6.18 Å². The number of nitrogens with zero attached hydrogens (tertiary/aromatic N) is 2. The average Bonchev–Trinajstić information content (AvgIpc) is 2.67. The number of nitrogens with two attached hydrogens (primary N) is 1. The van der Waals surface area contributed by atoms with Gasteiger partial charge in [0.25, 0.3) is 0 Å². The number of anilines is 1. The van der Waals surface area contributed by atoms with Crippen LogP contribution in [-0.4, -0.2) is 17.6 Å². The number of fused-ring (bicyclic) bond motifs is 2. The molecule has 1 aliphatic rings. The van der Waals surface area contributed by atoms with E-state index in [9.17, 15) is 18.0 Å². The molecule has 144 valence electrons. The maximum absolute atomic E-state index is 13.0. The minimum Gasteiger partial charge on any atom is -0.493 e. The third-order valence-electron chi connectivity index (χ3n) is 4.82. The second-order valence-electron chi connectivity index (χ2n) is 6.49. The van der Waals surface area contributed by atoms with Gasteiger partial charge in [-0.3, -0.25) is 9.88 Å². The third-order valence-corrected chi connectivity index (χ3v) is 4.82. The molecule has 28 heavy (non-hydrogen) atoms. The van der Waals surface area contributed by atoms with E-state index in [-0.39, 0.29) is 12.4 Å². The molecule has 2 amide bonds. The van der Waals surface area contributed by atoms with Gasteiger partial charge in [0.05, 0.1) is 23.9 Å². The van der Waals surface area contributed by atoms with Crippen LogP contribution >= 0.6 is 0 Å². The van der Waals surface area contributed by atoms with Crippen LogP contribution in [0.15, 0.2) is 54.9 Å². The maximum atomic E-state index is 13.0. The summed E-state index contributed by atoms with van der Waals surface area (Å²) in [4.78, 5) is 17.9. The fourth-order valence-corrected chi connectivity index (χ4v) is 3.57. The van der Waals surface area contributed by atoms with Crippen LogP contribution in [0.4, 0.5) is 23.7 Å². The molecule has 2 N–H and O–H groups in total. The normalized spacial score (nSPS) is 16.3. The summed E-state index contributed by atoms with van der Waals surface area (Å²) < 4.78 is 44.6. The van der Waals surface area contributed by atoms with Crippen molar-refractivity contribution in [2.24, 2.45) is 5.73 Å². The number of rotatable bonds is 2. The van der Waals surface area contributed by atoms with Gasteiger partial charge in [0.1, 0.15) is 5.75 Å². The number of benzene rings is 2. The zero-order valence-corrected chi connectivity index (χ0v) is 14.6. The van der Waals surface area contributed by atoms with Crippen molar-refractivity contribution in [1.82, 2.24) is 4.98 Å². The largest absolute Gasteiger partial charge is 0.493 e. The van der Waals surface area contributed by atoms with E-state index in [2.05, 4.69) is 4.98 Å². The number of aromatic nitrogens is 1. The average molecular weight is 387 g/mol. The van der Waals surface area contributed by atoms with Gasteiger partial charge in [0.2, 0.25) is 0 Å². The second kappa shape index (κ2) is 6.70. The van der Waals surface area contributed by atoms with E-state index in [1.54, 1.807) is 30.6 Å². The fourth-order valence-electron chi connectivity index (χ4n) is 3.57. The minimum absolute atomic E-state index is 0.110. The SMILES string of the molecule is NC(=O)N(c1cccc2cnccc12)C1CCOc2cc(C(F)(F)F)ccc21. The Labute approximate surface area is 158 Å². The summed E-state index contributed by atoms with van der Waals surface area (Å²) >= 11 is 0. The van der Waals surface area contributed by atoms with Crippen molar-refractivity contribution in [1.29, 1.82) is 0 Å². The molecule has 4 rings (SSSR count). The smallest absolute Gasteiger partial charge is 0.416 e. The lowest BCUT2D eigenvalue weighted by Crippen LogP contribution is -2.41. The monoisotopic (exact) mass is 387 g/mol. The Balaban J connectivity index is 1.84. The number of carbonyl (C=O) groups is 1. The van der Waals surface area contributed by atoms with Gasteiger partial charge in [-0.2, -0.15) is 13.2 Å². The summed E-state index contributed by atoms with van der Waals surface area (Å²) in [6.07, 6.45) is -0.787. The zero-order valence-electron chi connectivity index (χ0n) is 14.6. The van der Waals surface area contributed by atoms with Crippen LogP contribution in [0, 0.1) is 0 Å². The molecule has 2 aromatic carbocycles. The van der Waals surface area contributed by atoms with Crippen molar-refractivity contribution in [3.8, 4) is 5.75 Å².